The van der Waals surface area contributed by atoms with Crippen molar-refractivity contribution in [3.05, 3.63) is 35.4 Å². The molecule has 1 aromatic rings. The molecule has 1 fully saturated rings. The molecule has 1 nitrogen and oxygen atoms in total. The number of hydrogen-bond acceptors (Lipinski definition) is 1. The third-order valence-electron chi connectivity index (χ3n) is 3.94. The van der Waals surface area contributed by atoms with Gasteiger partial charge in [0.05, 0.1) is 5.60 Å². The quantitative estimate of drug-likeness (QED) is 0.763. The van der Waals surface area contributed by atoms with Crippen molar-refractivity contribution in [1.29, 1.82) is 0 Å². The third-order valence-corrected chi connectivity index (χ3v) is 3.94. The Balaban J connectivity index is 2.40. The van der Waals surface area contributed by atoms with E-state index in [2.05, 4.69) is 45.9 Å². The standard InChI is InChI=1S/C15H22O/c1-11-6-5-7-13(8-11)15(16)10-14(3,4)9-12(15)2/h5-8,12,16H,9-10H2,1-4H3. The van der Waals surface area contributed by atoms with Crippen LogP contribution < -0.4 is 0 Å². The predicted octanol–water partition coefficient (Wildman–Crippen LogP) is 3.64. The Kier molecular flexibility index (Phi) is 2.62. The van der Waals surface area contributed by atoms with Crippen molar-refractivity contribution in [3.8, 4) is 0 Å². The first kappa shape index (κ1) is 11.7. The molecule has 1 aliphatic rings. The van der Waals surface area contributed by atoms with Gasteiger partial charge < -0.3 is 5.11 Å². The number of hydrogen-bond donors (Lipinski definition) is 1. The summed E-state index contributed by atoms with van der Waals surface area (Å²) in [7, 11) is 0. The van der Waals surface area contributed by atoms with Gasteiger partial charge in [0.2, 0.25) is 0 Å². The van der Waals surface area contributed by atoms with Crippen LogP contribution in [0.4, 0.5) is 0 Å². The molecule has 2 rings (SSSR count). The van der Waals surface area contributed by atoms with Gasteiger partial charge in [-0.15, -0.1) is 0 Å². The molecule has 0 bridgehead atoms. The van der Waals surface area contributed by atoms with Gasteiger partial charge in [0.1, 0.15) is 0 Å². The van der Waals surface area contributed by atoms with Gasteiger partial charge in [-0.3, -0.25) is 0 Å². The largest absolute Gasteiger partial charge is 0.385 e. The summed E-state index contributed by atoms with van der Waals surface area (Å²) in [5.41, 5.74) is 1.93. The van der Waals surface area contributed by atoms with E-state index >= 15 is 0 Å². The van der Waals surface area contributed by atoms with Gasteiger partial charge in [-0.25, -0.2) is 0 Å². The normalized spacial score (nSPS) is 32.9. The Labute approximate surface area is 98.5 Å². The molecular formula is C15H22O. The van der Waals surface area contributed by atoms with Crippen molar-refractivity contribution in [3.63, 3.8) is 0 Å². The fraction of sp³-hybridized carbons (Fsp3) is 0.600. The highest BCUT2D eigenvalue weighted by Crippen LogP contribution is 2.52. The summed E-state index contributed by atoms with van der Waals surface area (Å²) in [5, 5.41) is 10.9. The van der Waals surface area contributed by atoms with Crippen LogP contribution in [0.1, 0.15) is 44.7 Å². The molecule has 2 atom stereocenters. The number of benzene rings is 1. The second-order valence-electron chi connectivity index (χ2n) is 6.24. The zero-order valence-electron chi connectivity index (χ0n) is 10.7. The smallest absolute Gasteiger partial charge is 0.0927 e. The van der Waals surface area contributed by atoms with E-state index in [1.165, 1.54) is 5.56 Å². The van der Waals surface area contributed by atoms with Crippen LogP contribution in [0.2, 0.25) is 0 Å². The van der Waals surface area contributed by atoms with Crippen LogP contribution >= 0.6 is 0 Å². The van der Waals surface area contributed by atoms with Crippen molar-refractivity contribution < 1.29 is 5.11 Å². The van der Waals surface area contributed by atoms with Gasteiger partial charge in [-0.05, 0) is 36.7 Å². The maximum atomic E-state index is 10.9. The number of aryl methyl sites for hydroxylation is 1. The lowest BCUT2D eigenvalue weighted by Gasteiger charge is -2.29. The van der Waals surface area contributed by atoms with Gasteiger partial charge in [0, 0.05) is 0 Å². The average Bonchev–Trinajstić information content (AvgIpc) is 2.36. The summed E-state index contributed by atoms with van der Waals surface area (Å²) in [6.07, 6.45) is 1.96. The van der Waals surface area contributed by atoms with Crippen LogP contribution in [0, 0.1) is 18.3 Å². The molecule has 1 aliphatic carbocycles. The Morgan fingerprint density at radius 1 is 1.31 bits per heavy atom. The van der Waals surface area contributed by atoms with E-state index in [9.17, 15) is 5.11 Å². The third kappa shape index (κ3) is 1.89. The molecule has 16 heavy (non-hydrogen) atoms. The molecular weight excluding hydrogens is 196 g/mol. The SMILES string of the molecule is Cc1cccc(C2(O)CC(C)(C)CC2C)c1. The maximum absolute atomic E-state index is 10.9. The van der Waals surface area contributed by atoms with Gasteiger partial charge in [0.15, 0.2) is 0 Å². The zero-order valence-corrected chi connectivity index (χ0v) is 10.7. The minimum absolute atomic E-state index is 0.248. The van der Waals surface area contributed by atoms with E-state index in [0.29, 0.717) is 5.92 Å². The molecule has 0 amide bonds. The lowest BCUT2D eigenvalue weighted by atomic mass is 9.83. The molecule has 2 unspecified atom stereocenters. The molecule has 0 spiro atoms. The maximum Gasteiger partial charge on any atom is 0.0927 e. The monoisotopic (exact) mass is 218 g/mol. The van der Waals surface area contributed by atoms with E-state index < -0.39 is 5.60 Å². The first-order chi connectivity index (χ1) is 7.33. The van der Waals surface area contributed by atoms with Gasteiger partial charge in [0.25, 0.3) is 0 Å². The summed E-state index contributed by atoms with van der Waals surface area (Å²) in [6, 6.07) is 8.31. The highest BCUT2D eigenvalue weighted by molar-refractivity contribution is 5.29. The van der Waals surface area contributed by atoms with Crippen molar-refractivity contribution in [2.24, 2.45) is 11.3 Å². The van der Waals surface area contributed by atoms with E-state index in [4.69, 9.17) is 0 Å². The molecule has 0 aromatic heterocycles. The Morgan fingerprint density at radius 2 is 2.00 bits per heavy atom. The van der Waals surface area contributed by atoms with Crippen molar-refractivity contribution in [2.75, 3.05) is 0 Å². The second kappa shape index (κ2) is 3.59. The lowest BCUT2D eigenvalue weighted by molar-refractivity contribution is -0.000889. The fourth-order valence-electron chi connectivity index (χ4n) is 3.27. The minimum atomic E-state index is -0.629. The molecule has 1 heteroatoms. The molecule has 88 valence electrons. The Bertz CT molecular complexity index is 394. The second-order valence-corrected chi connectivity index (χ2v) is 6.24. The summed E-state index contributed by atoms with van der Waals surface area (Å²) in [5.74, 6) is 0.337. The lowest BCUT2D eigenvalue weighted by Crippen LogP contribution is -2.29. The molecule has 0 aliphatic heterocycles. The summed E-state index contributed by atoms with van der Waals surface area (Å²) < 4.78 is 0. The summed E-state index contributed by atoms with van der Waals surface area (Å²) in [4.78, 5) is 0. The van der Waals surface area contributed by atoms with Crippen LogP contribution in [-0.4, -0.2) is 5.11 Å². The summed E-state index contributed by atoms with van der Waals surface area (Å²) >= 11 is 0. The van der Waals surface area contributed by atoms with Gasteiger partial charge in [-0.2, -0.15) is 0 Å². The van der Waals surface area contributed by atoms with E-state index in [-0.39, 0.29) is 5.41 Å². The van der Waals surface area contributed by atoms with Crippen molar-refractivity contribution >= 4 is 0 Å². The fourth-order valence-corrected chi connectivity index (χ4v) is 3.27. The Morgan fingerprint density at radius 3 is 2.50 bits per heavy atom. The molecule has 1 N–H and O–H groups in total. The van der Waals surface area contributed by atoms with E-state index in [1.54, 1.807) is 0 Å². The number of rotatable bonds is 1. The van der Waals surface area contributed by atoms with E-state index in [1.807, 2.05) is 6.07 Å². The van der Waals surface area contributed by atoms with Crippen LogP contribution in [0.25, 0.3) is 0 Å². The van der Waals surface area contributed by atoms with E-state index in [0.717, 1.165) is 18.4 Å². The number of aliphatic hydroxyl groups is 1. The van der Waals surface area contributed by atoms with Gasteiger partial charge in [-0.1, -0.05) is 50.6 Å². The van der Waals surface area contributed by atoms with Crippen LogP contribution in [0.3, 0.4) is 0 Å². The Hall–Kier alpha value is -0.820. The van der Waals surface area contributed by atoms with Crippen LogP contribution in [0.5, 0.6) is 0 Å². The molecule has 0 radical (unpaired) electrons. The molecule has 0 heterocycles. The highest BCUT2D eigenvalue weighted by atomic mass is 16.3. The van der Waals surface area contributed by atoms with Crippen LogP contribution in [0.15, 0.2) is 24.3 Å². The highest BCUT2D eigenvalue weighted by Gasteiger charge is 2.48. The minimum Gasteiger partial charge on any atom is -0.385 e. The van der Waals surface area contributed by atoms with Crippen molar-refractivity contribution in [2.45, 2.75) is 46.1 Å². The predicted molar refractivity (Wildman–Crippen MR) is 67.3 cm³/mol. The van der Waals surface area contributed by atoms with Crippen LogP contribution in [-0.2, 0) is 5.60 Å². The summed E-state index contributed by atoms with van der Waals surface area (Å²) in [6.45, 7) is 8.74. The first-order valence-electron chi connectivity index (χ1n) is 6.13. The zero-order chi connectivity index (χ0) is 12.0. The van der Waals surface area contributed by atoms with Gasteiger partial charge >= 0.3 is 0 Å². The molecule has 0 saturated heterocycles. The molecule has 1 aromatic carbocycles. The first-order valence-corrected chi connectivity index (χ1v) is 6.13. The topological polar surface area (TPSA) is 20.2 Å². The molecule has 1 saturated carbocycles. The van der Waals surface area contributed by atoms with Crippen molar-refractivity contribution in [1.82, 2.24) is 0 Å². The average molecular weight is 218 g/mol.